The van der Waals surface area contributed by atoms with Gasteiger partial charge in [0.2, 0.25) is 0 Å². The van der Waals surface area contributed by atoms with Crippen LogP contribution < -0.4 is 0 Å². The van der Waals surface area contributed by atoms with E-state index in [0.717, 1.165) is 24.1 Å². The van der Waals surface area contributed by atoms with E-state index in [1.54, 1.807) is 11.1 Å². The number of aliphatic hydroxyl groups excluding tert-OH is 1. The van der Waals surface area contributed by atoms with Gasteiger partial charge in [-0.15, -0.1) is 20.7 Å². The molecule has 0 spiro atoms. The molecule has 1 N–H and O–H groups in total. The van der Waals surface area contributed by atoms with Crippen molar-refractivity contribution in [3.05, 3.63) is 29.6 Å². The van der Waals surface area contributed by atoms with Gasteiger partial charge in [-0.25, -0.2) is 4.79 Å². The van der Waals surface area contributed by atoms with Crippen LogP contribution in [0.4, 0.5) is 4.79 Å². The van der Waals surface area contributed by atoms with Crippen molar-refractivity contribution < 1.29 is 14.6 Å². The number of nitrogens with zero attached hydrogens (tertiary/aromatic N) is 2. The number of likely N-dealkylation sites (tertiary alicyclic amines) is 1. The molecule has 1 aliphatic rings. The number of aliphatic hydroxyl groups is 1. The Balaban J connectivity index is 1.95. The molecular weight excluding hydrogens is 558 g/mol. The quantitative estimate of drug-likeness (QED) is 0.408. The SMILES string of the molecule is C=IC(C)(I)c1ccc(C(O)C2CCN(C(=O)OC(C)(C)C)CC2)cn1. The molecular formula is C19H28I2N2O3. The number of halogens is 2. The van der Waals surface area contributed by atoms with E-state index in [4.69, 9.17) is 4.74 Å². The van der Waals surface area contributed by atoms with E-state index in [9.17, 15) is 9.90 Å². The fraction of sp³-hybridized carbons (Fsp3) is 0.632. The predicted octanol–water partition coefficient (Wildman–Crippen LogP) is 4.77. The van der Waals surface area contributed by atoms with Gasteiger partial charge < -0.3 is 14.7 Å². The van der Waals surface area contributed by atoms with Crippen molar-refractivity contribution in [1.29, 1.82) is 0 Å². The molecule has 0 aliphatic carbocycles. The third-order valence-corrected chi connectivity index (χ3v) is 8.94. The standard InChI is InChI=1S/C19H28I2N2O3/c1-18(2,3)26-17(25)23-10-8-13(9-11-23)16(24)14-6-7-15(22-12-14)19(4,20)21-5/h6-7,12-13,16,24H,5,8-11H2,1-4H3. The zero-order valence-corrected chi connectivity index (χ0v) is 20.2. The zero-order valence-electron chi connectivity index (χ0n) is 15.8. The van der Waals surface area contributed by atoms with Gasteiger partial charge >= 0.3 is 6.09 Å². The lowest BCUT2D eigenvalue weighted by molar-refractivity contribution is 0.00762. The highest BCUT2D eigenvalue weighted by molar-refractivity contribution is 14.2. The summed E-state index contributed by atoms with van der Waals surface area (Å²) in [6, 6.07) is 3.98. The van der Waals surface area contributed by atoms with Gasteiger partial charge in [-0.3, -0.25) is 4.98 Å². The lowest BCUT2D eigenvalue weighted by Gasteiger charge is -2.35. The van der Waals surface area contributed by atoms with Crippen LogP contribution in [-0.2, 0) is 6.17 Å². The number of aromatic nitrogens is 1. The number of hydrogen-bond donors (Lipinski definition) is 1. The molecule has 0 aromatic carbocycles. The average Bonchev–Trinajstić information content (AvgIpc) is 2.60. The Morgan fingerprint density at radius 2 is 2.00 bits per heavy atom. The number of pyridine rings is 1. The summed E-state index contributed by atoms with van der Waals surface area (Å²) in [5.74, 6) is 0.132. The second kappa shape index (κ2) is 8.81. The minimum Gasteiger partial charge on any atom is -0.444 e. The predicted molar refractivity (Wildman–Crippen MR) is 122 cm³/mol. The van der Waals surface area contributed by atoms with Crippen molar-refractivity contribution in [3.63, 3.8) is 0 Å². The second-order valence-electron chi connectivity index (χ2n) is 7.75. The maximum Gasteiger partial charge on any atom is 0.410 e. The van der Waals surface area contributed by atoms with Crippen molar-refractivity contribution in [2.75, 3.05) is 13.1 Å². The van der Waals surface area contributed by atoms with E-state index in [1.807, 2.05) is 32.9 Å². The summed E-state index contributed by atoms with van der Waals surface area (Å²) in [5.41, 5.74) is 1.39. The molecule has 2 unspecified atom stereocenters. The van der Waals surface area contributed by atoms with Crippen molar-refractivity contribution in [2.24, 2.45) is 5.92 Å². The molecule has 7 heteroatoms. The Morgan fingerprint density at radius 1 is 1.38 bits per heavy atom. The fourth-order valence-electron chi connectivity index (χ4n) is 2.90. The first-order valence-electron chi connectivity index (χ1n) is 8.74. The molecule has 2 rings (SSSR count). The van der Waals surface area contributed by atoms with E-state index in [1.165, 1.54) is 0 Å². The summed E-state index contributed by atoms with van der Waals surface area (Å²) in [4.78, 5) is 18.4. The van der Waals surface area contributed by atoms with Crippen LogP contribution in [0.1, 0.15) is 57.9 Å². The van der Waals surface area contributed by atoms with Gasteiger partial charge in [-0.2, -0.15) is 0 Å². The van der Waals surface area contributed by atoms with Crippen molar-refractivity contribution in [1.82, 2.24) is 9.88 Å². The van der Waals surface area contributed by atoms with Crippen LogP contribution >= 0.6 is 43.3 Å². The van der Waals surface area contributed by atoms with Crippen molar-refractivity contribution >= 4 is 53.9 Å². The summed E-state index contributed by atoms with van der Waals surface area (Å²) in [6.45, 7) is 8.98. The molecule has 1 aliphatic heterocycles. The second-order valence-corrected chi connectivity index (χ2v) is 14.9. The lowest BCUT2D eigenvalue weighted by atomic mass is 9.88. The van der Waals surface area contributed by atoms with Gasteiger partial charge in [0.05, 0.1) is 11.8 Å². The molecule has 0 radical (unpaired) electrons. The third-order valence-electron chi connectivity index (χ3n) is 4.47. The summed E-state index contributed by atoms with van der Waals surface area (Å²) >= 11 is 2.19. The molecule has 5 nitrogen and oxygen atoms in total. The molecule has 1 amide bonds. The summed E-state index contributed by atoms with van der Waals surface area (Å²) < 4.78 is 9.52. The van der Waals surface area contributed by atoms with Gasteiger partial charge in [-0.05, 0) is 58.1 Å². The van der Waals surface area contributed by atoms with Crippen LogP contribution in [0.15, 0.2) is 18.3 Å². The Hall–Kier alpha value is -0.290. The Bertz CT molecular complexity index is 633. The smallest absolute Gasteiger partial charge is 0.410 e. The molecule has 1 aromatic heterocycles. The Morgan fingerprint density at radius 3 is 2.46 bits per heavy atom. The van der Waals surface area contributed by atoms with Crippen molar-refractivity contribution in [2.45, 2.75) is 53.7 Å². The molecule has 146 valence electrons. The first kappa shape index (κ1) is 22.0. The molecule has 1 saturated heterocycles. The summed E-state index contributed by atoms with van der Waals surface area (Å²) in [7, 11) is 0. The van der Waals surface area contributed by atoms with Crippen molar-refractivity contribution in [3.8, 4) is 0 Å². The van der Waals surface area contributed by atoms with E-state index in [2.05, 4.69) is 39.0 Å². The van der Waals surface area contributed by atoms with E-state index >= 15 is 0 Å². The Labute approximate surface area is 179 Å². The Kier molecular flexibility index (Phi) is 7.46. The summed E-state index contributed by atoms with van der Waals surface area (Å²) in [6.07, 6.45) is 2.49. The number of alkyl halides is 2. The van der Waals surface area contributed by atoms with Gasteiger partial charge in [0.15, 0.2) is 0 Å². The number of carbonyl (C=O) groups excluding carboxylic acids is 1. The highest BCUT2D eigenvalue weighted by atomic mass is 127. The highest BCUT2D eigenvalue weighted by Gasteiger charge is 2.31. The van der Waals surface area contributed by atoms with Gasteiger partial charge in [0.1, 0.15) is 7.03 Å². The number of ether oxygens (including phenoxy) is 1. The molecule has 1 fully saturated rings. The van der Waals surface area contributed by atoms with E-state index in [0.29, 0.717) is 13.1 Å². The molecule has 0 saturated carbocycles. The average molecular weight is 586 g/mol. The summed E-state index contributed by atoms with van der Waals surface area (Å²) in [5, 5.41) is 10.7. The first-order chi connectivity index (χ1) is 12.0. The third kappa shape index (κ3) is 5.85. The monoisotopic (exact) mass is 586 g/mol. The van der Waals surface area contributed by atoms with Gasteiger partial charge in [0.25, 0.3) is 0 Å². The normalized spacial score (nSPS) is 19.7. The molecule has 0 bridgehead atoms. The first-order valence-corrected chi connectivity index (χ1v) is 12.4. The number of hydrogen-bond acceptors (Lipinski definition) is 4. The molecule has 2 heterocycles. The fourth-order valence-corrected chi connectivity index (χ4v) is 3.93. The van der Waals surface area contributed by atoms with Crippen LogP contribution in [0, 0.1) is 5.92 Å². The minimum absolute atomic E-state index is 0.0128. The number of amides is 1. The lowest BCUT2D eigenvalue weighted by Crippen LogP contribution is -2.42. The van der Waals surface area contributed by atoms with Crippen LogP contribution in [0.5, 0.6) is 0 Å². The minimum atomic E-state index is -0.549. The van der Waals surface area contributed by atoms with Crippen LogP contribution in [0.2, 0.25) is 0 Å². The van der Waals surface area contributed by atoms with E-state index < -0.39 is 11.7 Å². The topological polar surface area (TPSA) is 62.7 Å². The zero-order chi connectivity index (χ0) is 19.5. The van der Waals surface area contributed by atoms with Gasteiger partial charge in [-0.1, -0.05) is 33.2 Å². The van der Waals surface area contributed by atoms with E-state index in [-0.39, 0.29) is 34.2 Å². The maximum absolute atomic E-state index is 12.1. The van der Waals surface area contributed by atoms with Gasteiger partial charge in [0, 0.05) is 19.3 Å². The number of rotatable bonds is 4. The number of carbonyl (C=O) groups is 1. The molecule has 26 heavy (non-hydrogen) atoms. The van der Waals surface area contributed by atoms with Crippen LogP contribution in [0.3, 0.4) is 0 Å². The van der Waals surface area contributed by atoms with Crippen LogP contribution in [-0.4, -0.2) is 44.3 Å². The molecule has 2 atom stereocenters. The molecule has 1 aromatic rings. The maximum atomic E-state index is 12.1. The number of piperidine rings is 1. The van der Waals surface area contributed by atoms with Crippen LogP contribution in [0.25, 0.3) is 0 Å². The highest BCUT2D eigenvalue weighted by Crippen LogP contribution is 2.41. The largest absolute Gasteiger partial charge is 0.444 e.